The molecule has 0 saturated heterocycles. The summed E-state index contributed by atoms with van der Waals surface area (Å²) in [7, 11) is 3.38. The molecular formula is C6H14O2S. The molecule has 1 atom stereocenters. The maximum Gasteiger partial charge on any atom is 0.0681 e. The lowest BCUT2D eigenvalue weighted by atomic mass is 10.3. The predicted octanol–water partition coefficient (Wildman–Crippen LogP) is 0.968. The standard InChI is InChI=1S/C6H14O2S/c1-7-4-3-6(5-9)8-2/h6,9H,3-5H2,1-2H3. The quantitative estimate of drug-likeness (QED) is 0.589. The number of ether oxygens (including phenoxy) is 2. The topological polar surface area (TPSA) is 18.5 Å². The van der Waals surface area contributed by atoms with E-state index in [0.29, 0.717) is 0 Å². The molecule has 0 saturated carbocycles. The van der Waals surface area contributed by atoms with E-state index in [2.05, 4.69) is 12.6 Å². The highest BCUT2D eigenvalue weighted by molar-refractivity contribution is 7.80. The van der Waals surface area contributed by atoms with Crippen LogP contribution < -0.4 is 0 Å². The fourth-order valence-electron chi connectivity index (χ4n) is 0.533. The number of methoxy groups -OCH3 is 2. The second kappa shape index (κ2) is 6.39. The van der Waals surface area contributed by atoms with Gasteiger partial charge in [-0.3, -0.25) is 0 Å². The van der Waals surface area contributed by atoms with Gasteiger partial charge in [-0.15, -0.1) is 0 Å². The van der Waals surface area contributed by atoms with Gasteiger partial charge in [0, 0.05) is 26.6 Å². The Labute approximate surface area is 61.9 Å². The lowest BCUT2D eigenvalue weighted by Gasteiger charge is -2.10. The average Bonchev–Trinajstić information content (AvgIpc) is 1.91. The summed E-state index contributed by atoms with van der Waals surface area (Å²) in [5.74, 6) is 0.764. The first-order valence-electron chi connectivity index (χ1n) is 2.97. The van der Waals surface area contributed by atoms with E-state index >= 15 is 0 Å². The van der Waals surface area contributed by atoms with Gasteiger partial charge < -0.3 is 9.47 Å². The van der Waals surface area contributed by atoms with E-state index in [9.17, 15) is 0 Å². The maximum absolute atomic E-state index is 5.05. The van der Waals surface area contributed by atoms with Crippen molar-refractivity contribution in [3.05, 3.63) is 0 Å². The van der Waals surface area contributed by atoms with E-state index in [4.69, 9.17) is 9.47 Å². The molecule has 0 aromatic rings. The van der Waals surface area contributed by atoms with Crippen LogP contribution in [-0.2, 0) is 9.47 Å². The van der Waals surface area contributed by atoms with Gasteiger partial charge in [0.15, 0.2) is 0 Å². The molecule has 0 aromatic heterocycles. The van der Waals surface area contributed by atoms with Gasteiger partial charge in [0.1, 0.15) is 0 Å². The Kier molecular flexibility index (Phi) is 6.58. The van der Waals surface area contributed by atoms with Crippen LogP contribution in [0.3, 0.4) is 0 Å². The van der Waals surface area contributed by atoms with E-state index in [1.54, 1.807) is 14.2 Å². The number of thiol groups is 1. The zero-order valence-corrected chi connectivity index (χ0v) is 6.86. The van der Waals surface area contributed by atoms with E-state index in [-0.39, 0.29) is 6.10 Å². The van der Waals surface area contributed by atoms with E-state index in [0.717, 1.165) is 18.8 Å². The summed E-state index contributed by atoms with van der Waals surface area (Å²) in [4.78, 5) is 0. The van der Waals surface area contributed by atoms with Crippen LogP contribution >= 0.6 is 12.6 Å². The minimum atomic E-state index is 0.244. The van der Waals surface area contributed by atoms with E-state index in [1.807, 2.05) is 0 Å². The van der Waals surface area contributed by atoms with Crippen LogP contribution in [0.4, 0.5) is 0 Å². The molecule has 0 heterocycles. The van der Waals surface area contributed by atoms with Crippen molar-refractivity contribution in [1.82, 2.24) is 0 Å². The highest BCUT2D eigenvalue weighted by atomic mass is 32.1. The van der Waals surface area contributed by atoms with Crippen molar-refractivity contribution in [1.29, 1.82) is 0 Å². The fraction of sp³-hybridized carbons (Fsp3) is 1.00. The van der Waals surface area contributed by atoms with Crippen LogP contribution in [0.5, 0.6) is 0 Å². The molecule has 0 aromatic carbocycles. The van der Waals surface area contributed by atoms with E-state index < -0.39 is 0 Å². The van der Waals surface area contributed by atoms with Gasteiger partial charge in [-0.05, 0) is 6.42 Å². The van der Waals surface area contributed by atoms with Crippen molar-refractivity contribution in [2.45, 2.75) is 12.5 Å². The Morgan fingerprint density at radius 1 is 1.44 bits per heavy atom. The minimum absolute atomic E-state index is 0.244. The normalized spacial score (nSPS) is 13.7. The third-order valence-electron chi connectivity index (χ3n) is 1.18. The van der Waals surface area contributed by atoms with Crippen LogP contribution in [0.25, 0.3) is 0 Å². The van der Waals surface area contributed by atoms with Gasteiger partial charge in [-0.25, -0.2) is 0 Å². The SMILES string of the molecule is COCCC(CS)OC. The van der Waals surface area contributed by atoms with Gasteiger partial charge in [0.05, 0.1) is 6.10 Å². The molecule has 0 rings (SSSR count). The van der Waals surface area contributed by atoms with Crippen LogP contribution in [0.1, 0.15) is 6.42 Å². The van der Waals surface area contributed by atoms with Crippen molar-refractivity contribution in [2.75, 3.05) is 26.6 Å². The van der Waals surface area contributed by atoms with Crippen molar-refractivity contribution in [2.24, 2.45) is 0 Å². The summed E-state index contributed by atoms with van der Waals surface area (Å²) in [5, 5.41) is 0. The molecule has 2 nitrogen and oxygen atoms in total. The Bertz CT molecular complexity index is 55.0. The molecule has 0 N–H and O–H groups in total. The Morgan fingerprint density at radius 2 is 2.11 bits per heavy atom. The number of hydrogen-bond acceptors (Lipinski definition) is 3. The first-order chi connectivity index (χ1) is 4.35. The largest absolute Gasteiger partial charge is 0.385 e. The second-order valence-electron chi connectivity index (χ2n) is 1.82. The molecular weight excluding hydrogens is 136 g/mol. The number of rotatable bonds is 5. The third-order valence-corrected chi connectivity index (χ3v) is 1.59. The van der Waals surface area contributed by atoms with Crippen LogP contribution in [0.15, 0.2) is 0 Å². The Hall–Kier alpha value is 0.270. The van der Waals surface area contributed by atoms with Gasteiger partial charge in [-0.2, -0.15) is 12.6 Å². The molecule has 3 heteroatoms. The molecule has 0 bridgehead atoms. The highest BCUT2D eigenvalue weighted by Gasteiger charge is 2.01. The van der Waals surface area contributed by atoms with Gasteiger partial charge in [-0.1, -0.05) is 0 Å². The monoisotopic (exact) mass is 150 g/mol. The second-order valence-corrected chi connectivity index (χ2v) is 2.19. The zero-order valence-electron chi connectivity index (χ0n) is 5.96. The summed E-state index contributed by atoms with van der Waals surface area (Å²) in [6.45, 7) is 0.749. The van der Waals surface area contributed by atoms with Crippen LogP contribution in [0.2, 0.25) is 0 Å². The molecule has 0 amide bonds. The summed E-state index contributed by atoms with van der Waals surface area (Å²) in [6, 6.07) is 0. The lowest BCUT2D eigenvalue weighted by molar-refractivity contribution is 0.0821. The smallest absolute Gasteiger partial charge is 0.0681 e. The molecule has 9 heavy (non-hydrogen) atoms. The molecule has 0 radical (unpaired) electrons. The van der Waals surface area contributed by atoms with E-state index in [1.165, 1.54) is 0 Å². The van der Waals surface area contributed by atoms with Crippen LogP contribution in [0, 0.1) is 0 Å². The summed E-state index contributed by atoms with van der Waals surface area (Å²) < 4.78 is 9.91. The maximum atomic E-state index is 5.05. The molecule has 0 aliphatic carbocycles. The number of hydrogen-bond donors (Lipinski definition) is 1. The Balaban J connectivity index is 3.09. The highest BCUT2D eigenvalue weighted by Crippen LogP contribution is 1.98. The first kappa shape index (κ1) is 9.27. The minimum Gasteiger partial charge on any atom is -0.385 e. The summed E-state index contributed by atoms with van der Waals surface area (Å²) in [6.07, 6.45) is 1.17. The summed E-state index contributed by atoms with van der Waals surface area (Å²) >= 11 is 4.09. The molecule has 1 unspecified atom stereocenters. The van der Waals surface area contributed by atoms with Gasteiger partial charge >= 0.3 is 0 Å². The molecule has 0 spiro atoms. The average molecular weight is 150 g/mol. The lowest BCUT2D eigenvalue weighted by Crippen LogP contribution is -2.14. The molecule has 0 fully saturated rings. The molecule has 0 aliphatic heterocycles. The van der Waals surface area contributed by atoms with Gasteiger partial charge in [0.25, 0.3) is 0 Å². The molecule has 56 valence electrons. The zero-order chi connectivity index (χ0) is 7.11. The van der Waals surface area contributed by atoms with Crippen molar-refractivity contribution in [3.8, 4) is 0 Å². The predicted molar refractivity (Wildman–Crippen MR) is 41.1 cm³/mol. The van der Waals surface area contributed by atoms with Crippen molar-refractivity contribution in [3.63, 3.8) is 0 Å². The Morgan fingerprint density at radius 3 is 2.44 bits per heavy atom. The first-order valence-corrected chi connectivity index (χ1v) is 3.61. The fourth-order valence-corrected chi connectivity index (χ4v) is 0.865. The molecule has 0 aliphatic rings. The third kappa shape index (κ3) is 4.75. The van der Waals surface area contributed by atoms with Crippen LogP contribution in [-0.4, -0.2) is 32.7 Å². The van der Waals surface area contributed by atoms with Crippen molar-refractivity contribution >= 4 is 12.6 Å². The van der Waals surface area contributed by atoms with Gasteiger partial charge in [0.2, 0.25) is 0 Å². The van der Waals surface area contributed by atoms with Crippen molar-refractivity contribution < 1.29 is 9.47 Å². The summed E-state index contributed by atoms with van der Waals surface area (Å²) in [5.41, 5.74) is 0.